The lowest BCUT2D eigenvalue weighted by atomic mass is 10.1. The molecule has 0 aromatic rings. The highest BCUT2D eigenvalue weighted by Crippen LogP contribution is 2.12. The lowest BCUT2D eigenvalue weighted by molar-refractivity contribution is -0.143. The van der Waals surface area contributed by atoms with Crippen LogP contribution in [0.3, 0.4) is 0 Å². The van der Waals surface area contributed by atoms with Gasteiger partial charge in [-0.1, -0.05) is 64.2 Å². The van der Waals surface area contributed by atoms with E-state index in [9.17, 15) is 9.90 Å². The van der Waals surface area contributed by atoms with Crippen molar-refractivity contribution < 1.29 is 14.6 Å². The first kappa shape index (κ1) is 22.0. The molecule has 0 heterocycles. The number of ether oxygens (including phenoxy) is 1. The van der Waals surface area contributed by atoms with Gasteiger partial charge < -0.3 is 9.84 Å². The molecule has 0 saturated heterocycles. The summed E-state index contributed by atoms with van der Waals surface area (Å²) in [4.78, 5) is 11.2. The highest BCUT2D eigenvalue weighted by Gasteiger charge is 2.00. The highest BCUT2D eigenvalue weighted by molar-refractivity contribution is 5.69. The van der Waals surface area contributed by atoms with Crippen LogP contribution in [0.1, 0.15) is 97.3 Å². The van der Waals surface area contributed by atoms with Gasteiger partial charge in [-0.2, -0.15) is 0 Å². The Balaban J connectivity index is 3.16. The zero-order valence-corrected chi connectivity index (χ0v) is 15.2. The Morgan fingerprint density at radius 2 is 1.43 bits per heavy atom. The van der Waals surface area contributed by atoms with Gasteiger partial charge in [0.1, 0.15) is 6.10 Å². The summed E-state index contributed by atoms with van der Waals surface area (Å²) < 4.78 is 4.91. The van der Waals surface area contributed by atoms with Crippen molar-refractivity contribution >= 4 is 5.97 Å². The van der Waals surface area contributed by atoms with E-state index in [4.69, 9.17) is 4.74 Å². The average Bonchev–Trinajstić information content (AvgIpc) is 2.55. The van der Waals surface area contributed by atoms with Crippen LogP contribution in [-0.2, 0) is 9.53 Å². The third-order valence-electron chi connectivity index (χ3n) is 3.89. The molecular formula is C20H36O3. The van der Waals surface area contributed by atoms with Crippen LogP contribution in [0.15, 0.2) is 0 Å². The number of esters is 1. The number of hydrogen-bond donors (Lipinski definition) is 1. The molecule has 0 fully saturated rings. The van der Waals surface area contributed by atoms with Gasteiger partial charge in [0.25, 0.3) is 0 Å². The van der Waals surface area contributed by atoms with Crippen LogP contribution in [0.4, 0.5) is 0 Å². The molecule has 23 heavy (non-hydrogen) atoms. The zero-order valence-electron chi connectivity index (χ0n) is 15.2. The van der Waals surface area contributed by atoms with Gasteiger partial charge in [0.05, 0.1) is 6.61 Å². The maximum absolute atomic E-state index is 11.2. The van der Waals surface area contributed by atoms with Crippen molar-refractivity contribution in [3.63, 3.8) is 0 Å². The van der Waals surface area contributed by atoms with Gasteiger partial charge in [0.15, 0.2) is 0 Å². The summed E-state index contributed by atoms with van der Waals surface area (Å²) in [6.45, 7) is 4.29. The van der Waals surface area contributed by atoms with Crippen LogP contribution < -0.4 is 0 Å². The zero-order chi connectivity index (χ0) is 17.2. The number of rotatable bonds is 14. The van der Waals surface area contributed by atoms with Gasteiger partial charge in [0.2, 0.25) is 0 Å². The SMILES string of the molecule is CCOC(=O)CCCCCCCCCCCCC#C[C@@H](O)CC. The fourth-order valence-electron chi connectivity index (χ4n) is 2.42. The standard InChI is InChI=1S/C20H36O3/c1-3-19(21)17-15-13-11-9-7-5-6-8-10-12-14-16-18-20(22)23-4-2/h19,21H,3-14,16,18H2,1-2H3/t19-/m0/s1. The third kappa shape index (κ3) is 17.2. The molecule has 0 aliphatic heterocycles. The van der Waals surface area contributed by atoms with Crippen molar-refractivity contribution in [3.05, 3.63) is 0 Å². The Morgan fingerprint density at radius 1 is 0.913 bits per heavy atom. The molecular weight excluding hydrogens is 288 g/mol. The molecule has 0 spiro atoms. The predicted octanol–water partition coefficient (Wildman–Crippen LogP) is 5.01. The molecule has 0 aromatic carbocycles. The van der Waals surface area contributed by atoms with E-state index in [2.05, 4.69) is 11.8 Å². The molecule has 0 bridgehead atoms. The minimum absolute atomic E-state index is 0.0543. The van der Waals surface area contributed by atoms with Crippen molar-refractivity contribution in [1.29, 1.82) is 0 Å². The van der Waals surface area contributed by atoms with Crippen molar-refractivity contribution in [2.45, 2.75) is 103 Å². The molecule has 0 amide bonds. The minimum Gasteiger partial charge on any atom is -0.466 e. The summed E-state index contributed by atoms with van der Waals surface area (Å²) in [5.41, 5.74) is 0. The Morgan fingerprint density at radius 3 is 1.96 bits per heavy atom. The first-order valence-electron chi connectivity index (χ1n) is 9.52. The lowest BCUT2D eigenvalue weighted by Crippen LogP contribution is -2.03. The summed E-state index contributed by atoms with van der Waals surface area (Å²) in [6, 6.07) is 0. The van der Waals surface area contributed by atoms with Crippen LogP contribution in [0.5, 0.6) is 0 Å². The molecule has 0 radical (unpaired) electrons. The number of carbonyl (C=O) groups is 1. The number of carbonyl (C=O) groups excluding carboxylic acids is 1. The highest BCUT2D eigenvalue weighted by atomic mass is 16.5. The third-order valence-corrected chi connectivity index (χ3v) is 3.89. The first-order chi connectivity index (χ1) is 11.2. The molecule has 1 N–H and O–H groups in total. The van der Waals surface area contributed by atoms with Crippen molar-refractivity contribution in [3.8, 4) is 11.8 Å². The van der Waals surface area contributed by atoms with E-state index in [-0.39, 0.29) is 5.97 Å². The van der Waals surface area contributed by atoms with Crippen LogP contribution in [-0.4, -0.2) is 23.8 Å². The summed E-state index contributed by atoms with van der Waals surface area (Å²) in [5.74, 6) is 5.85. The van der Waals surface area contributed by atoms with E-state index in [0.717, 1.165) is 32.1 Å². The van der Waals surface area contributed by atoms with Crippen LogP contribution in [0, 0.1) is 11.8 Å². The summed E-state index contributed by atoms with van der Waals surface area (Å²) in [7, 11) is 0. The number of unbranched alkanes of at least 4 members (excludes halogenated alkanes) is 10. The second-order valence-corrected chi connectivity index (χ2v) is 6.09. The van der Waals surface area contributed by atoms with Gasteiger partial charge >= 0.3 is 5.97 Å². The molecule has 0 aromatic heterocycles. The van der Waals surface area contributed by atoms with E-state index >= 15 is 0 Å². The Bertz CT molecular complexity index is 328. The first-order valence-corrected chi connectivity index (χ1v) is 9.52. The Kier molecular flexibility index (Phi) is 16.6. The normalized spacial score (nSPS) is 11.6. The van der Waals surface area contributed by atoms with Gasteiger partial charge in [-0.05, 0) is 26.2 Å². The van der Waals surface area contributed by atoms with E-state index in [0.29, 0.717) is 13.0 Å². The van der Waals surface area contributed by atoms with Crippen LogP contribution in [0.2, 0.25) is 0 Å². The van der Waals surface area contributed by atoms with Crippen LogP contribution in [0.25, 0.3) is 0 Å². The Hall–Kier alpha value is -1.01. The molecule has 0 rings (SSSR count). The predicted molar refractivity (Wildman–Crippen MR) is 96.1 cm³/mol. The van der Waals surface area contributed by atoms with Crippen molar-refractivity contribution in [1.82, 2.24) is 0 Å². The van der Waals surface area contributed by atoms with E-state index < -0.39 is 6.10 Å². The monoisotopic (exact) mass is 324 g/mol. The second kappa shape index (κ2) is 17.3. The van der Waals surface area contributed by atoms with E-state index in [1.165, 1.54) is 44.9 Å². The fraction of sp³-hybridized carbons (Fsp3) is 0.850. The number of hydrogen-bond acceptors (Lipinski definition) is 3. The van der Waals surface area contributed by atoms with E-state index in [1.54, 1.807) is 0 Å². The van der Waals surface area contributed by atoms with Gasteiger partial charge in [-0.3, -0.25) is 4.79 Å². The fourth-order valence-corrected chi connectivity index (χ4v) is 2.42. The van der Waals surface area contributed by atoms with Crippen molar-refractivity contribution in [2.75, 3.05) is 6.61 Å². The average molecular weight is 325 g/mol. The molecule has 3 nitrogen and oxygen atoms in total. The van der Waals surface area contributed by atoms with Crippen LogP contribution >= 0.6 is 0 Å². The maximum Gasteiger partial charge on any atom is 0.305 e. The summed E-state index contributed by atoms with van der Waals surface area (Å²) in [5, 5.41) is 9.29. The lowest BCUT2D eigenvalue weighted by Gasteiger charge is -2.03. The Labute approximate surface area is 143 Å². The van der Waals surface area contributed by atoms with Gasteiger partial charge in [-0.15, -0.1) is 5.92 Å². The second-order valence-electron chi connectivity index (χ2n) is 6.09. The summed E-state index contributed by atoms with van der Waals surface area (Å²) >= 11 is 0. The molecule has 0 aliphatic rings. The molecule has 0 saturated carbocycles. The summed E-state index contributed by atoms with van der Waals surface area (Å²) in [6.07, 6.45) is 14.0. The molecule has 134 valence electrons. The van der Waals surface area contributed by atoms with Crippen molar-refractivity contribution in [2.24, 2.45) is 0 Å². The molecule has 0 aliphatic carbocycles. The quantitative estimate of drug-likeness (QED) is 0.278. The molecule has 3 heteroatoms. The van der Waals surface area contributed by atoms with Gasteiger partial charge in [0, 0.05) is 12.8 Å². The topological polar surface area (TPSA) is 46.5 Å². The van der Waals surface area contributed by atoms with E-state index in [1.807, 2.05) is 13.8 Å². The maximum atomic E-state index is 11.2. The molecule has 1 atom stereocenters. The van der Waals surface area contributed by atoms with Gasteiger partial charge in [-0.25, -0.2) is 0 Å². The smallest absolute Gasteiger partial charge is 0.305 e. The number of aliphatic hydroxyl groups excluding tert-OH is 1. The largest absolute Gasteiger partial charge is 0.466 e. The molecule has 0 unspecified atom stereocenters. The minimum atomic E-state index is -0.438. The number of aliphatic hydroxyl groups is 1.